The zero-order chi connectivity index (χ0) is 18.9. The van der Waals surface area contributed by atoms with Crippen molar-refractivity contribution in [3.05, 3.63) is 54.1 Å². The Balaban J connectivity index is 1.67. The standard InChI is InChI=1S/C20H18F3N3O/c21-20(22,23)14-9-7-13(8-10-14)18-16-5-1-2-6-17(16)19(26-25-18)24-12-15-4-3-11-27-15/h1-2,5-10,15H,3-4,11-12H2,(H,24,26). The van der Waals surface area contributed by atoms with Gasteiger partial charge in [-0.1, -0.05) is 36.4 Å². The summed E-state index contributed by atoms with van der Waals surface area (Å²) >= 11 is 0. The Morgan fingerprint density at radius 3 is 2.41 bits per heavy atom. The van der Waals surface area contributed by atoms with Crippen molar-refractivity contribution in [1.82, 2.24) is 10.2 Å². The van der Waals surface area contributed by atoms with Crippen LogP contribution in [0.4, 0.5) is 19.0 Å². The number of aromatic nitrogens is 2. The van der Waals surface area contributed by atoms with Crippen LogP contribution in [0.2, 0.25) is 0 Å². The van der Waals surface area contributed by atoms with Gasteiger partial charge in [-0.3, -0.25) is 0 Å². The van der Waals surface area contributed by atoms with Crippen LogP contribution in [0.3, 0.4) is 0 Å². The van der Waals surface area contributed by atoms with Crippen molar-refractivity contribution in [3.63, 3.8) is 0 Å². The zero-order valence-corrected chi connectivity index (χ0v) is 14.5. The molecule has 0 saturated carbocycles. The molecule has 0 aliphatic carbocycles. The van der Waals surface area contributed by atoms with Crippen LogP contribution in [-0.4, -0.2) is 29.5 Å². The van der Waals surface area contributed by atoms with E-state index >= 15 is 0 Å². The molecule has 0 spiro atoms. The maximum absolute atomic E-state index is 12.8. The van der Waals surface area contributed by atoms with Gasteiger partial charge in [0.05, 0.1) is 11.7 Å². The van der Waals surface area contributed by atoms with Gasteiger partial charge in [-0.2, -0.15) is 13.2 Å². The molecule has 1 unspecified atom stereocenters. The molecule has 1 saturated heterocycles. The molecule has 27 heavy (non-hydrogen) atoms. The van der Waals surface area contributed by atoms with Crippen LogP contribution < -0.4 is 5.32 Å². The molecule has 1 aromatic heterocycles. The topological polar surface area (TPSA) is 47.0 Å². The van der Waals surface area contributed by atoms with E-state index < -0.39 is 11.7 Å². The van der Waals surface area contributed by atoms with E-state index in [2.05, 4.69) is 15.5 Å². The molecule has 7 heteroatoms. The SMILES string of the molecule is FC(F)(F)c1ccc(-c2nnc(NCC3CCCO3)c3ccccc23)cc1. The lowest BCUT2D eigenvalue weighted by Crippen LogP contribution is -2.19. The van der Waals surface area contributed by atoms with Crippen molar-refractivity contribution in [2.24, 2.45) is 0 Å². The number of rotatable bonds is 4. The van der Waals surface area contributed by atoms with E-state index in [9.17, 15) is 13.2 Å². The van der Waals surface area contributed by atoms with Gasteiger partial charge in [-0.05, 0) is 25.0 Å². The van der Waals surface area contributed by atoms with E-state index in [1.54, 1.807) is 0 Å². The first-order valence-electron chi connectivity index (χ1n) is 8.81. The van der Waals surface area contributed by atoms with Crippen LogP contribution >= 0.6 is 0 Å². The lowest BCUT2D eigenvalue weighted by Gasteiger charge is -2.14. The molecular weight excluding hydrogens is 355 g/mol. The zero-order valence-electron chi connectivity index (χ0n) is 14.5. The molecule has 2 heterocycles. The Kier molecular flexibility index (Phi) is 4.70. The fourth-order valence-corrected chi connectivity index (χ4v) is 3.28. The second kappa shape index (κ2) is 7.15. The second-order valence-corrected chi connectivity index (χ2v) is 6.53. The number of hydrogen-bond acceptors (Lipinski definition) is 4. The molecule has 1 aliphatic heterocycles. The van der Waals surface area contributed by atoms with Crippen LogP contribution in [0.15, 0.2) is 48.5 Å². The molecule has 1 aliphatic rings. The molecule has 1 atom stereocenters. The molecular formula is C20H18F3N3O. The molecule has 140 valence electrons. The molecule has 1 N–H and O–H groups in total. The van der Waals surface area contributed by atoms with Crippen molar-refractivity contribution in [3.8, 4) is 11.3 Å². The van der Waals surface area contributed by atoms with Gasteiger partial charge >= 0.3 is 6.18 Å². The third-order valence-corrected chi connectivity index (χ3v) is 4.69. The second-order valence-electron chi connectivity index (χ2n) is 6.53. The summed E-state index contributed by atoms with van der Waals surface area (Å²) in [5.41, 5.74) is 0.470. The van der Waals surface area contributed by atoms with E-state index in [1.807, 2.05) is 24.3 Å². The number of alkyl halides is 3. The fraction of sp³-hybridized carbons (Fsp3) is 0.300. The lowest BCUT2D eigenvalue weighted by molar-refractivity contribution is -0.137. The summed E-state index contributed by atoms with van der Waals surface area (Å²) in [4.78, 5) is 0. The average molecular weight is 373 g/mol. The Morgan fingerprint density at radius 1 is 1.00 bits per heavy atom. The summed E-state index contributed by atoms with van der Waals surface area (Å²) in [6.45, 7) is 1.43. The Labute approximate surface area is 154 Å². The smallest absolute Gasteiger partial charge is 0.376 e. The maximum Gasteiger partial charge on any atom is 0.416 e. The van der Waals surface area contributed by atoms with Crippen LogP contribution in [0.5, 0.6) is 0 Å². The lowest BCUT2D eigenvalue weighted by atomic mass is 10.0. The maximum atomic E-state index is 12.8. The molecule has 1 fully saturated rings. The van der Waals surface area contributed by atoms with Gasteiger partial charge < -0.3 is 10.1 Å². The minimum Gasteiger partial charge on any atom is -0.376 e. The molecule has 4 nitrogen and oxygen atoms in total. The number of hydrogen-bond donors (Lipinski definition) is 1. The first-order chi connectivity index (χ1) is 13.0. The summed E-state index contributed by atoms with van der Waals surface area (Å²) in [6.07, 6.45) is -2.11. The highest BCUT2D eigenvalue weighted by atomic mass is 19.4. The van der Waals surface area contributed by atoms with Gasteiger partial charge in [0.15, 0.2) is 5.82 Å². The normalized spacial score (nSPS) is 17.4. The van der Waals surface area contributed by atoms with Crippen molar-refractivity contribution in [1.29, 1.82) is 0 Å². The summed E-state index contributed by atoms with van der Waals surface area (Å²) in [6, 6.07) is 12.6. The van der Waals surface area contributed by atoms with Gasteiger partial charge in [0.1, 0.15) is 5.69 Å². The van der Waals surface area contributed by atoms with Crippen molar-refractivity contribution < 1.29 is 17.9 Å². The number of halogens is 3. The quantitative estimate of drug-likeness (QED) is 0.706. The molecule has 0 radical (unpaired) electrons. The van der Waals surface area contributed by atoms with Gasteiger partial charge in [0, 0.05) is 29.5 Å². The van der Waals surface area contributed by atoms with Crippen LogP contribution in [0, 0.1) is 0 Å². The Bertz CT molecular complexity index is 935. The monoisotopic (exact) mass is 373 g/mol. The van der Waals surface area contributed by atoms with Crippen LogP contribution in [0.25, 0.3) is 22.0 Å². The van der Waals surface area contributed by atoms with E-state index in [0.29, 0.717) is 23.6 Å². The van der Waals surface area contributed by atoms with E-state index in [0.717, 1.165) is 42.4 Å². The molecule has 0 bridgehead atoms. The van der Waals surface area contributed by atoms with Gasteiger partial charge in [0.2, 0.25) is 0 Å². The fourth-order valence-electron chi connectivity index (χ4n) is 3.28. The van der Waals surface area contributed by atoms with Crippen molar-refractivity contribution in [2.45, 2.75) is 25.1 Å². The predicted molar refractivity (Wildman–Crippen MR) is 97.4 cm³/mol. The third kappa shape index (κ3) is 3.73. The number of nitrogens with one attached hydrogen (secondary N) is 1. The highest BCUT2D eigenvalue weighted by molar-refractivity contribution is 6.00. The average Bonchev–Trinajstić information content (AvgIpc) is 3.19. The molecule has 3 aromatic rings. The molecule has 0 amide bonds. The highest BCUT2D eigenvalue weighted by Gasteiger charge is 2.30. The minimum atomic E-state index is -4.36. The number of benzene rings is 2. The van der Waals surface area contributed by atoms with Crippen molar-refractivity contribution >= 4 is 16.6 Å². The summed E-state index contributed by atoms with van der Waals surface area (Å²) in [5.74, 6) is 0.650. The number of fused-ring (bicyclic) bond motifs is 1. The van der Waals surface area contributed by atoms with Gasteiger partial charge in [-0.25, -0.2) is 0 Å². The largest absolute Gasteiger partial charge is 0.416 e. The third-order valence-electron chi connectivity index (χ3n) is 4.69. The first kappa shape index (κ1) is 17.7. The van der Waals surface area contributed by atoms with Crippen molar-refractivity contribution in [2.75, 3.05) is 18.5 Å². The van der Waals surface area contributed by atoms with Gasteiger partial charge in [-0.15, -0.1) is 10.2 Å². The first-order valence-corrected chi connectivity index (χ1v) is 8.81. The Morgan fingerprint density at radius 2 is 1.74 bits per heavy atom. The number of ether oxygens (including phenoxy) is 1. The van der Waals surface area contributed by atoms with E-state index in [-0.39, 0.29) is 6.10 Å². The molecule has 2 aromatic carbocycles. The predicted octanol–water partition coefficient (Wildman–Crippen LogP) is 4.91. The van der Waals surface area contributed by atoms with Crippen LogP contribution in [-0.2, 0) is 10.9 Å². The summed E-state index contributed by atoms with van der Waals surface area (Å²) in [5, 5.41) is 13.6. The number of anilines is 1. The highest BCUT2D eigenvalue weighted by Crippen LogP contribution is 2.33. The minimum absolute atomic E-state index is 0.167. The molecule has 4 rings (SSSR count). The van der Waals surface area contributed by atoms with Crippen LogP contribution in [0.1, 0.15) is 18.4 Å². The summed E-state index contributed by atoms with van der Waals surface area (Å²) in [7, 11) is 0. The number of nitrogens with zero attached hydrogens (tertiary/aromatic N) is 2. The van der Waals surface area contributed by atoms with E-state index in [1.165, 1.54) is 12.1 Å². The Hall–Kier alpha value is -2.67. The summed E-state index contributed by atoms with van der Waals surface area (Å²) < 4.78 is 44.0. The van der Waals surface area contributed by atoms with Gasteiger partial charge in [0.25, 0.3) is 0 Å². The van der Waals surface area contributed by atoms with E-state index in [4.69, 9.17) is 4.74 Å².